The van der Waals surface area contributed by atoms with Gasteiger partial charge in [-0.25, -0.2) is 0 Å². The number of hydrogen-bond acceptors (Lipinski definition) is 6. The summed E-state index contributed by atoms with van der Waals surface area (Å²) < 4.78 is 29.8. The van der Waals surface area contributed by atoms with Crippen molar-refractivity contribution in [1.29, 1.82) is 0 Å². The fourth-order valence-corrected chi connectivity index (χ4v) is 10.3. The summed E-state index contributed by atoms with van der Waals surface area (Å²) >= 11 is 6.53. The third kappa shape index (κ3) is 6.50. The molecule has 2 amide bonds. The van der Waals surface area contributed by atoms with Crippen molar-refractivity contribution in [3.8, 4) is 11.4 Å². The van der Waals surface area contributed by atoms with Gasteiger partial charge in [-0.1, -0.05) is 61.0 Å². The van der Waals surface area contributed by atoms with Gasteiger partial charge in [0.1, 0.15) is 0 Å². The van der Waals surface area contributed by atoms with Crippen molar-refractivity contribution >= 4 is 37.5 Å². The highest BCUT2D eigenvalue weighted by molar-refractivity contribution is 6.72. The Hall–Kier alpha value is -4.29. The summed E-state index contributed by atoms with van der Waals surface area (Å²) in [5.41, 5.74) is 0.958. The Morgan fingerprint density at radius 1 is 1.04 bits per heavy atom. The van der Waals surface area contributed by atoms with Crippen molar-refractivity contribution in [3.63, 3.8) is 0 Å². The molecule has 1 aromatic heterocycles. The molecule has 50 heavy (non-hydrogen) atoms. The summed E-state index contributed by atoms with van der Waals surface area (Å²) in [6.07, 6.45) is 0.639. The normalized spacial score (nSPS) is 21.5. The van der Waals surface area contributed by atoms with Gasteiger partial charge in [0.2, 0.25) is 14.3 Å². The summed E-state index contributed by atoms with van der Waals surface area (Å²) in [5, 5.41) is 10.2. The highest BCUT2D eigenvalue weighted by atomic mass is 35.5. The molecule has 4 atom stereocenters. The first-order valence-corrected chi connectivity index (χ1v) is 20.0. The van der Waals surface area contributed by atoms with Gasteiger partial charge in [0, 0.05) is 47.0 Å². The lowest BCUT2D eigenvalue weighted by molar-refractivity contribution is -0.150. The van der Waals surface area contributed by atoms with Crippen LogP contribution in [0.2, 0.25) is 23.7 Å². The molecule has 2 aliphatic rings. The number of methoxy groups -OCH3 is 1. The maximum absolute atomic E-state index is 16.4. The zero-order valence-corrected chi connectivity index (χ0v) is 30.3. The van der Waals surface area contributed by atoms with Crippen LogP contribution in [0, 0.1) is 5.92 Å². The molecular weight excluding hydrogens is 677 g/mol. The van der Waals surface area contributed by atoms with Crippen molar-refractivity contribution in [2.45, 2.75) is 56.8 Å². The van der Waals surface area contributed by atoms with Crippen LogP contribution in [-0.4, -0.2) is 61.2 Å². The summed E-state index contributed by atoms with van der Waals surface area (Å²) in [6.45, 7) is 5.37. The minimum absolute atomic E-state index is 0.110. The molecule has 3 aromatic carbocycles. The summed E-state index contributed by atoms with van der Waals surface area (Å²) in [5.74, 6) is -1.01. The molecular formula is C38H41ClFN3O6Si. The number of amides is 2. The molecule has 6 rings (SSSR count). The maximum atomic E-state index is 16.4. The van der Waals surface area contributed by atoms with E-state index in [1.54, 1.807) is 71.6 Å². The Bertz CT molecular complexity index is 1940. The van der Waals surface area contributed by atoms with Crippen molar-refractivity contribution in [3.05, 3.63) is 123 Å². The summed E-state index contributed by atoms with van der Waals surface area (Å²) in [6, 6.07) is 25.3. The Labute approximate surface area is 297 Å². The number of benzene rings is 3. The van der Waals surface area contributed by atoms with E-state index >= 15 is 4.11 Å². The van der Waals surface area contributed by atoms with Crippen LogP contribution in [0.1, 0.15) is 30.0 Å². The van der Waals surface area contributed by atoms with E-state index in [1.165, 1.54) is 11.7 Å². The zero-order chi connectivity index (χ0) is 35.8. The molecule has 4 aromatic rings. The topological polar surface area (TPSA) is 101 Å². The van der Waals surface area contributed by atoms with Crippen LogP contribution in [0.4, 0.5) is 9.80 Å². The average Bonchev–Trinajstić information content (AvgIpc) is 3.51. The fourth-order valence-electron chi connectivity index (χ4n) is 7.67. The first-order valence-electron chi connectivity index (χ1n) is 16.6. The van der Waals surface area contributed by atoms with Gasteiger partial charge in [-0.3, -0.25) is 19.0 Å². The third-order valence-electron chi connectivity index (χ3n) is 9.92. The van der Waals surface area contributed by atoms with Crippen molar-refractivity contribution in [2.75, 3.05) is 25.2 Å². The lowest BCUT2D eigenvalue weighted by Crippen LogP contribution is -2.45. The zero-order valence-electron chi connectivity index (χ0n) is 28.5. The molecule has 1 saturated heterocycles. The molecule has 0 radical (unpaired) electrons. The highest BCUT2D eigenvalue weighted by Crippen LogP contribution is 2.60. The van der Waals surface area contributed by atoms with Crippen LogP contribution in [-0.2, 0) is 33.0 Å². The van der Waals surface area contributed by atoms with Gasteiger partial charge < -0.3 is 28.5 Å². The third-order valence-corrected chi connectivity index (χ3v) is 12.6. The van der Waals surface area contributed by atoms with Gasteiger partial charge in [-0.2, -0.15) is 0 Å². The second-order valence-corrected chi connectivity index (χ2v) is 17.7. The summed E-state index contributed by atoms with van der Waals surface area (Å²) in [7, 11) is -2.09. The fraction of sp³-hybridized carbons (Fsp3) is 0.342. The molecule has 9 nitrogen and oxygen atoms in total. The number of pyridine rings is 1. The first kappa shape index (κ1) is 35.5. The Morgan fingerprint density at radius 2 is 1.76 bits per heavy atom. The number of aromatic nitrogens is 1. The lowest BCUT2D eigenvalue weighted by Gasteiger charge is -2.31. The Morgan fingerprint density at radius 3 is 2.42 bits per heavy atom. The van der Waals surface area contributed by atoms with Crippen molar-refractivity contribution < 1.29 is 28.3 Å². The van der Waals surface area contributed by atoms with Gasteiger partial charge in [0.05, 0.1) is 38.5 Å². The van der Waals surface area contributed by atoms with E-state index in [9.17, 15) is 19.5 Å². The quantitative estimate of drug-likeness (QED) is 0.146. The molecule has 12 heteroatoms. The van der Waals surface area contributed by atoms with Crippen LogP contribution in [0.3, 0.4) is 0 Å². The molecule has 0 saturated carbocycles. The number of rotatable bonds is 11. The molecule has 1 fully saturated rings. The number of carbonyl (C=O) groups is 2. The van der Waals surface area contributed by atoms with E-state index in [0.717, 1.165) is 11.1 Å². The predicted octanol–water partition coefficient (Wildman–Crippen LogP) is 6.23. The number of halogens is 2. The lowest BCUT2D eigenvalue weighted by atomic mass is 9.82. The molecule has 2 aliphatic heterocycles. The maximum Gasteiger partial charge on any atom is 0.297 e. The smallest absolute Gasteiger partial charge is 0.297 e. The molecule has 262 valence electrons. The SMILES string of the molecule is COc1cccn(-c2ccc(CN3C(=O)[C@@]4(O[C@@H](CC(=O)N(CCO)Cc5ccccc5)[C@H]([Si](C)(C)F)[C@H]4C)c4cc(Cl)ccc43)cc2)c1=O. The average molecular weight is 718 g/mol. The second-order valence-electron chi connectivity index (χ2n) is 13.5. The number of nitrogens with zero attached hydrogens (tertiary/aromatic N) is 3. The number of fused-ring (bicyclic) bond motifs is 2. The summed E-state index contributed by atoms with van der Waals surface area (Å²) in [4.78, 5) is 44.6. The van der Waals surface area contributed by atoms with Gasteiger partial charge in [-0.15, -0.1) is 0 Å². The van der Waals surface area contributed by atoms with Crippen LogP contribution in [0.25, 0.3) is 5.69 Å². The van der Waals surface area contributed by atoms with Crippen LogP contribution >= 0.6 is 11.6 Å². The second kappa shape index (κ2) is 14.1. The van der Waals surface area contributed by atoms with E-state index in [0.29, 0.717) is 22.0 Å². The van der Waals surface area contributed by atoms with E-state index < -0.39 is 31.6 Å². The van der Waals surface area contributed by atoms with E-state index in [-0.39, 0.29) is 55.8 Å². The van der Waals surface area contributed by atoms with Crippen LogP contribution in [0.15, 0.2) is 95.9 Å². The van der Waals surface area contributed by atoms with Crippen molar-refractivity contribution in [2.24, 2.45) is 5.92 Å². The van der Waals surface area contributed by atoms with Crippen LogP contribution in [0.5, 0.6) is 5.75 Å². The molecule has 1 N–H and O–H groups in total. The van der Waals surface area contributed by atoms with Gasteiger partial charge in [-0.05, 0) is 66.7 Å². The Kier molecular flexibility index (Phi) is 10.1. The van der Waals surface area contributed by atoms with Gasteiger partial charge >= 0.3 is 0 Å². The molecule has 1 spiro atoms. The molecule has 0 bridgehead atoms. The number of anilines is 1. The number of carbonyl (C=O) groups excluding carboxylic acids is 2. The van der Waals surface area contributed by atoms with Gasteiger partial charge in [0.15, 0.2) is 11.4 Å². The Balaban J connectivity index is 1.32. The van der Waals surface area contributed by atoms with Crippen LogP contribution < -0.4 is 15.2 Å². The number of aliphatic hydroxyl groups excluding tert-OH is 1. The highest BCUT2D eigenvalue weighted by Gasteiger charge is 2.67. The van der Waals surface area contributed by atoms with E-state index in [4.69, 9.17) is 21.1 Å². The van der Waals surface area contributed by atoms with E-state index in [1.807, 2.05) is 49.4 Å². The standard InChI is InChI=1S/C38H41ClFN3O6Si/c1-25-35(50(3,4)40)33(22-34(45)41(19-20-44)23-26-9-6-5-7-10-26)49-38(25)30-21-28(39)14-17-31(30)43(37(38)47)24-27-12-15-29(16-13-27)42-18-8-11-32(48-2)36(42)46/h5-18,21,25,33,35,44H,19-20,22-24H2,1-4H3/t25-,33+,35-,38+/m1/s1. The first-order chi connectivity index (χ1) is 23.9. The largest absolute Gasteiger partial charge is 0.491 e. The number of ether oxygens (including phenoxy) is 2. The number of hydrogen-bond donors (Lipinski definition) is 1. The number of aliphatic hydroxyl groups is 1. The minimum atomic E-state index is -3.53. The minimum Gasteiger partial charge on any atom is -0.491 e. The molecule has 0 aliphatic carbocycles. The molecule has 0 unspecified atom stereocenters. The van der Waals surface area contributed by atoms with E-state index in [2.05, 4.69) is 0 Å². The predicted molar refractivity (Wildman–Crippen MR) is 193 cm³/mol. The van der Waals surface area contributed by atoms with Gasteiger partial charge in [0.25, 0.3) is 11.5 Å². The van der Waals surface area contributed by atoms with Crippen molar-refractivity contribution in [1.82, 2.24) is 9.47 Å². The molecule has 3 heterocycles. The monoisotopic (exact) mass is 717 g/mol.